The number of anilines is 1. The first-order chi connectivity index (χ1) is 8.65. The van der Waals surface area contributed by atoms with Crippen molar-refractivity contribution in [3.05, 3.63) is 48.3 Å². The first kappa shape index (κ1) is 12.0. The highest BCUT2D eigenvalue weighted by atomic mass is 16.2. The van der Waals surface area contributed by atoms with Gasteiger partial charge in [0.1, 0.15) is 0 Å². The van der Waals surface area contributed by atoms with Crippen LogP contribution in [-0.2, 0) is 11.8 Å². The van der Waals surface area contributed by atoms with Crippen LogP contribution in [0.4, 0.5) is 5.69 Å². The zero-order valence-corrected chi connectivity index (χ0v) is 9.96. The number of hydrogen-bond acceptors (Lipinski definition) is 3. The standard InChI is InChI=1S/C13H13N3O2/c1-16-9-11(8-14-16)15-13(18)7-12(17)10-5-3-2-4-6-10/h2-6,8-9H,7H2,1H3,(H,15,18). The number of ketones is 1. The summed E-state index contributed by atoms with van der Waals surface area (Å²) >= 11 is 0. The minimum Gasteiger partial charge on any atom is -0.323 e. The van der Waals surface area contributed by atoms with Crippen LogP contribution in [0.3, 0.4) is 0 Å². The Kier molecular flexibility index (Phi) is 3.52. The second-order valence-electron chi connectivity index (χ2n) is 3.92. The maximum atomic E-state index is 11.8. The summed E-state index contributed by atoms with van der Waals surface area (Å²) in [5.41, 5.74) is 1.13. The van der Waals surface area contributed by atoms with E-state index >= 15 is 0 Å². The van der Waals surface area contributed by atoms with Crippen LogP contribution in [0, 0.1) is 0 Å². The van der Waals surface area contributed by atoms with Gasteiger partial charge in [-0.2, -0.15) is 5.10 Å². The number of amides is 1. The predicted molar refractivity (Wildman–Crippen MR) is 67.2 cm³/mol. The van der Waals surface area contributed by atoms with Gasteiger partial charge in [-0.05, 0) is 0 Å². The average molecular weight is 243 g/mol. The van der Waals surface area contributed by atoms with Crippen LogP contribution in [0.15, 0.2) is 42.7 Å². The van der Waals surface area contributed by atoms with Crippen molar-refractivity contribution in [2.24, 2.45) is 7.05 Å². The number of benzene rings is 1. The predicted octanol–water partition coefficient (Wildman–Crippen LogP) is 1.63. The molecule has 0 atom stereocenters. The molecule has 0 spiro atoms. The van der Waals surface area contributed by atoms with Crippen LogP contribution in [0.1, 0.15) is 16.8 Å². The molecule has 1 heterocycles. The third kappa shape index (κ3) is 3.04. The molecule has 0 aliphatic carbocycles. The van der Waals surface area contributed by atoms with E-state index in [2.05, 4.69) is 10.4 Å². The van der Waals surface area contributed by atoms with Gasteiger partial charge in [-0.1, -0.05) is 30.3 Å². The van der Waals surface area contributed by atoms with Crippen molar-refractivity contribution < 1.29 is 9.59 Å². The summed E-state index contributed by atoms with van der Waals surface area (Å²) in [6.07, 6.45) is 3.04. The van der Waals surface area contributed by atoms with E-state index < -0.39 is 0 Å². The smallest absolute Gasteiger partial charge is 0.232 e. The quantitative estimate of drug-likeness (QED) is 0.655. The molecule has 1 N–H and O–H groups in total. The molecule has 0 fully saturated rings. The number of Topliss-reactive ketones (excluding diaryl/α,β-unsaturated/α-hetero) is 1. The normalized spacial score (nSPS) is 10.1. The molecule has 5 heteroatoms. The minimum atomic E-state index is -0.336. The fraction of sp³-hybridized carbons (Fsp3) is 0.154. The minimum absolute atomic E-state index is 0.168. The molecule has 2 aromatic rings. The highest BCUT2D eigenvalue weighted by molar-refractivity contribution is 6.10. The molecule has 0 saturated carbocycles. The van der Waals surface area contributed by atoms with E-state index in [0.29, 0.717) is 11.3 Å². The summed E-state index contributed by atoms with van der Waals surface area (Å²) in [6.45, 7) is 0. The molecule has 0 saturated heterocycles. The van der Waals surface area contributed by atoms with E-state index in [1.165, 1.54) is 6.20 Å². The number of rotatable bonds is 4. The molecular formula is C13H13N3O2. The Bertz CT molecular complexity index is 561. The Morgan fingerprint density at radius 3 is 2.61 bits per heavy atom. The maximum absolute atomic E-state index is 11.8. The second kappa shape index (κ2) is 5.27. The van der Waals surface area contributed by atoms with Crippen LogP contribution in [0.2, 0.25) is 0 Å². The molecule has 0 bridgehead atoms. The Labute approximate surface area is 104 Å². The zero-order chi connectivity index (χ0) is 13.0. The lowest BCUT2D eigenvalue weighted by Crippen LogP contribution is -2.16. The molecule has 1 aromatic carbocycles. The van der Waals surface area contributed by atoms with Gasteiger partial charge in [0.05, 0.1) is 18.3 Å². The van der Waals surface area contributed by atoms with Gasteiger partial charge in [0.15, 0.2) is 5.78 Å². The van der Waals surface area contributed by atoms with E-state index in [4.69, 9.17) is 0 Å². The Balaban J connectivity index is 1.94. The van der Waals surface area contributed by atoms with Crippen LogP contribution < -0.4 is 5.32 Å². The molecule has 1 aromatic heterocycles. The molecular weight excluding hydrogens is 230 g/mol. The molecule has 1 amide bonds. The Morgan fingerprint density at radius 2 is 2.00 bits per heavy atom. The SMILES string of the molecule is Cn1cc(NC(=O)CC(=O)c2ccccc2)cn1. The monoisotopic (exact) mass is 243 g/mol. The van der Waals surface area contributed by atoms with Gasteiger partial charge in [0.25, 0.3) is 0 Å². The topological polar surface area (TPSA) is 64.0 Å². The van der Waals surface area contributed by atoms with Crippen molar-refractivity contribution in [3.8, 4) is 0 Å². The van der Waals surface area contributed by atoms with E-state index in [1.54, 1.807) is 42.2 Å². The number of hydrogen-bond donors (Lipinski definition) is 1. The summed E-state index contributed by atoms with van der Waals surface area (Å²) in [5.74, 6) is -0.533. The fourth-order valence-electron chi connectivity index (χ4n) is 1.56. The van der Waals surface area contributed by atoms with Gasteiger partial charge in [0.2, 0.25) is 5.91 Å². The summed E-state index contributed by atoms with van der Waals surface area (Å²) in [5, 5.41) is 6.54. The van der Waals surface area contributed by atoms with Crippen LogP contribution in [-0.4, -0.2) is 21.5 Å². The molecule has 0 unspecified atom stereocenters. The van der Waals surface area contributed by atoms with E-state index in [-0.39, 0.29) is 18.1 Å². The van der Waals surface area contributed by atoms with Crippen LogP contribution in [0.25, 0.3) is 0 Å². The molecule has 0 aliphatic rings. The van der Waals surface area contributed by atoms with Gasteiger partial charge in [-0.15, -0.1) is 0 Å². The zero-order valence-electron chi connectivity index (χ0n) is 9.96. The van der Waals surface area contributed by atoms with Gasteiger partial charge in [-0.25, -0.2) is 0 Å². The lowest BCUT2D eigenvalue weighted by molar-refractivity contribution is -0.115. The third-order valence-corrected chi connectivity index (χ3v) is 2.41. The van der Waals surface area contributed by atoms with Crippen molar-refractivity contribution in [1.29, 1.82) is 0 Å². The van der Waals surface area contributed by atoms with Crippen molar-refractivity contribution in [1.82, 2.24) is 9.78 Å². The number of aromatic nitrogens is 2. The average Bonchev–Trinajstić information content (AvgIpc) is 2.75. The lowest BCUT2D eigenvalue weighted by Gasteiger charge is -2.02. The number of carbonyl (C=O) groups is 2. The summed E-state index contributed by atoms with van der Waals surface area (Å²) in [7, 11) is 1.75. The Morgan fingerprint density at radius 1 is 1.28 bits per heavy atom. The molecule has 5 nitrogen and oxygen atoms in total. The van der Waals surface area contributed by atoms with Gasteiger partial charge in [-0.3, -0.25) is 14.3 Å². The highest BCUT2D eigenvalue weighted by Crippen LogP contribution is 2.07. The van der Waals surface area contributed by atoms with Crippen molar-refractivity contribution in [2.45, 2.75) is 6.42 Å². The molecule has 0 aliphatic heterocycles. The van der Waals surface area contributed by atoms with E-state index in [1.807, 2.05) is 6.07 Å². The number of nitrogens with zero attached hydrogens (tertiary/aromatic N) is 2. The maximum Gasteiger partial charge on any atom is 0.232 e. The van der Waals surface area contributed by atoms with Crippen molar-refractivity contribution in [2.75, 3.05) is 5.32 Å². The number of nitrogens with one attached hydrogen (secondary N) is 1. The molecule has 0 radical (unpaired) electrons. The molecule has 18 heavy (non-hydrogen) atoms. The summed E-state index contributed by atoms with van der Waals surface area (Å²) < 4.78 is 1.58. The third-order valence-electron chi connectivity index (χ3n) is 2.41. The molecule has 2 rings (SSSR count). The number of aryl methyl sites for hydroxylation is 1. The lowest BCUT2D eigenvalue weighted by atomic mass is 10.1. The largest absolute Gasteiger partial charge is 0.323 e. The summed E-state index contributed by atoms with van der Waals surface area (Å²) in [4.78, 5) is 23.4. The van der Waals surface area contributed by atoms with Gasteiger partial charge < -0.3 is 5.32 Å². The molecule has 92 valence electrons. The van der Waals surface area contributed by atoms with E-state index in [9.17, 15) is 9.59 Å². The fourth-order valence-corrected chi connectivity index (χ4v) is 1.56. The van der Waals surface area contributed by atoms with Crippen molar-refractivity contribution in [3.63, 3.8) is 0 Å². The second-order valence-corrected chi connectivity index (χ2v) is 3.92. The first-order valence-corrected chi connectivity index (χ1v) is 5.52. The van der Waals surface area contributed by atoms with Crippen molar-refractivity contribution >= 4 is 17.4 Å². The highest BCUT2D eigenvalue weighted by Gasteiger charge is 2.11. The Hall–Kier alpha value is -2.43. The first-order valence-electron chi connectivity index (χ1n) is 5.52. The van der Waals surface area contributed by atoms with Crippen LogP contribution >= 0.6 is 0 Å². The summed E-state index contributed by atoms with van der Waals surface area (Å²) in [6, 6.07) is 8.75. The van der Waals surface area contributed by atoms with Gasteiger partial charge in [0, 0.05) is 18.8 Å². The van der Waals surface area contributed by atoms with Crippen LogP contribution in [0.5, 0.6) is 0 Å². The van der Waals surface area contributed by atoms with E-state index in [0.717, 1.165) is 0 Å². The number of carbonyl (C=O) groups excluding carboxylic acids is 2. The van der Waals surface area contributed by atoms with Gasteiger partial charge >= 0.3 is 0 Å².